The van der Waals surface area contributed by atoms with Crippen molar-refractivity contribution in [3.05, 3.63) is 35.4 Å². The number of piperidine rings is 1. The van der Waals surface area contributed by atoms with Gasteiger partial charge in [0, 0.05) is 12.5 Å². The molecule has 2 atom stereocenters. The lowest BCUT2D eigenvalue weighted by atomic mass is 9.83. The van der Waals surface area contributed by atoms with E-state index < -0.39 is 17.9 Å². The van der Waals surface area contributed by atoms with Crippen LogP contribution in [0, 0.1) is 17.2 Å². The normalized spacial score (nSPS) is 22.2. The van der Waals surface area contributed by atoms with Gasteiger partial charge < -0.3 is 10.0 Å². The molecule has 1 fully saturated rings. The van der Waals surface area contributed by atoms with Crippen LogP contribution in [0.5, 0.6) is 0 Å². The molecule has 1 heterocycles. The summed E-state index contributed by atoms with van der Waals surface area (Å²) in [5.41, 5.74) is 1.28. The zero-order valence-corrected chi connectivity index (χ0v) is 12.1. The summed E-state index contributed by atoms with van der Waals surface area (Å²) < 4.78 is 0. The third kappa shape index (κ3) is 2.89. The maximum Gasteiger partial charge on any atom is 0.308 e. The van der Waals surface area contributed by atoms with Crippen molar-refractivity contribution in [3.8, 4) is 6.07 Å². The van der Waals surface area contributed by atoms with Crippen LogP contribution in [0.2, 0.25) is 0 Å². The van der Waals surface area contributed by atoms with Gasteiger partial charge in [0.15, 0.2) is 0 Å². The Morgan fingerprint density at radius 1 is 1.38 bits per heavy atom. The maximum absolute atomic E-state index is 12.2. The van der Waals surface area contributed by atoms with Crippen molar-refractivity contribution in [2.45, 2.75) is 38.8 Å². The molecule has 0 aliphatic carbocycles. The summed E-state index contributed by atoms with van der Waals surface area (Å²) in [6.45, 7) is 3.78. The molecule has 0 radical (unpaired) electrons. The first-order chi connectivity index (χ1) is 9.95. The summed E-state index contributed by atoms with van der Waals surface area (Å²) >= 11 is 0. The molecule has 0 aromatic heterocycles. The number of hydrogen-bond acceptors (Lipinski definition) is 3. The van der Waals surface area contributed by atoms with Gasteiger partial charge in [0.2, 0.25) is 5.91 Å². The third-order valence-corrected chi connectivity index (χ3v) is 3.89. The van der Waals surface area contributed by atoms with Crippen LogP contribution in [0.15, 0.2) is 24.3 Å². The Labute approximate surface area is 123 Å². The molecular formula is C16H18N2O3. The fraction of sp³-hybridized carbons (Fsp3) is 0.438. The summed E-state index contributed by atoms with van der Waals surface area (Å²) in [6, 6.07) is 8.30. The van der Waals surface area contributed by atoms with Gasteiger partial charge in [-0.1, -0.05) is 12.1 Å². The maximum atomic E-state index is 12.2. The van der Waals surface area contributed by atoms with E-state index in [-0.39, 0.29) is 18.4 Å². The van der Waals surface area contributed by atoms with Gasteiger partial charge in [-0.3, -0.25) is 9.59 Å². The Kier molecular flexibility index (Phi) is 4.27. The zero-order valence-electron chi connectivity index (χ0n) is 12.1. The lowest BCUT2D eigenvalue weighted by Gasteiger charge is -2.42. The Morgan fingerprint density at radius 2 is 2.00 bits per heavy atom. The van der Waals surface area contributed by atoms with Crippen LogP contribution in [-0.2, 0) is 9.59 Å². The van der Waals surface area contributed by atoms with Crippen LogP contribution < -0.4 is 0 Å². The number of carbonyl (C=O) groups is 2. The van der Waals surface area contributed by atoms with Gasteiger partial charge in [0.05, 0.1) is 23.6 Å². The van der Waals surface area contributed by atoms with Crippen molar-refractivity contribution < 1.29 is 14.7 Å². The van der Waals surface area contributed by atoms with E-state index in [1.165, 1.54) is 0 Å². The highest BCUT2D eigenvalue weighted by Gasteiger charge is 2.41. The second-order valence-corrected chi connectivity index (χ2v) is 5.56. The minimum Gasteiger partial charge on any atom is -0.481 e. The fourth-order valence-corrected chi connectivity index (χ4v) is 2.93. The van der Waals surface area contributed by atoms with E-state index in [2.05, 4.69) is 0 Å². The minimum atomic E-state index is -0.887. The van der Waals surface area contributed by atoms with Crippen LogP contribution in [0.25, 0.3) is 0 Å². The number of carboxylic acid groups (broad SMARTS) is 1. The van der Waals surface area contributed by atoms with Gasteiger partial charge in [-0.2, -0.15) is 5.26 Å². The van der Waals surface area contributed by atoms with E-state index in [4.69, 9.17) is 5.26 Å². The zero-order chi connectivity index (χ0) is 15.6. The van der Waals surface area contributed by atoms with Crippen molar-refractivity contribution in [2.75, 3.05) is 0 Å². The molecule has 5 heteroatoms. The smallest absolute Gasteiger partial charge is 0.308 e. The van der Waals surface area contributed by atoms with Gasteiger partial charge in [-0.25, -0.2) is 0 Å². The molecule has 21 heavy (non-hydrogen) atoms. The molecule has 5 nitrogen and oxygen atoms in total. The molecule has 0 spiro atoms. The highest BCUT2D eigenvalue weighted by Crippen LogP contribution is 2.38. The highest BCUT2D eigenvalue weighted by atomic mass is 16.4. The molecule has 1 aromatic rings. The van der Waals surface area contributed by atoms with Gasteiger partial charge >= 0.3 is 5.97 Å². The number of nitrogens with zero attached hydrogens (tertiary/aromatic N) is 2. The predicted octanol–water partition coefficient (Wildman–Crippen LogP) is 2.33. The largest absolute Gasteiger partial charge is 0.481 e. The molecule has 0 saturated carbocycles. The Hall–Kier alpha value is -2.35. The van der Waals surface area contributed by atoms with E-state index in [1.54, 1.807) is 29.2 Å². The Bertz CT molecular complexity index is 587. The molecular weight excluding hydrogens is 268 g/mol. The summed E-state index contributed by atoms with van der Waals surface area (Å²) in [5.74, 6) is -1.52. The molecule has 0 bridgehead atoms. The number of nitriles is 1. The molecule has 110 valence electrons. The molecule has 1 aromatic carbocycles. The molecule has 2 rings (SSSR count). The van der Waals surface area contributed by atoms with Gasteiger partial charge in [-0.05, 0) is 38.0 Å². The fourth-order valence-electron chi connectivity index (χ4n) is 2.93. The molecule has 1 amide bonds. The van der Waals surface area contributed by atoms with E-state index in [1.807, 2.05) is 19.9 Å². The topological polar surface area (TPSA) is 81.4 Å². The van der Waals surface area contributed by atoms with Crippen LogP contribution in [0.4, 0.5) is 0 Å². The van der Waals surface area contributed by atoms with Crippen LogP contribution in [0.3, 0.4) is 0 Å². The number of aliphatic carboxylic acids is 1. The Balaban J connectivity index is 2.46. The van der Waals surface area contributed by atoms with E-state index in [9.17, 15) is 14.7 Å². The van der Waals surface area contributed by atoms with Crippen LogP contribution in [0.1, 0.15) is 43.9 Å². The SMILES string of the molecule is CC(C)N1C(=O)CCC(C(=O)O)C1c1ccc(C#N)cc1. The summed E-state index contributed by atoms with van der Waals surface area (Å²) in [7, 11) is 0. The Morgan fingerprint density at radius 3 is 2.48 bits per heavy atom. The van der Waals surface area contributed by atoms with E-state index in [0.717, 1.165) is 5.56 Å². The van der Waals surface area contributed by atoms with E-state index in [0.29, 0.717) is 12.0 Å². The monoisotopic (exact) mass is 286 g/mol. The second kappa shape index (κ2) is 5.96. The lowest BCUT2D eigenvalue weighted by Crippen LogP contribution is -2.48. The first-order valence-electron chi connectivity index (χ1n) is 6.99. The van der Waals surface area contributed by atoms with Crippen molar-refractivity contribution in [2.24, 2.45) is 5.92 Å². The first-order valence-corrected chi connectivity index (χ1v) is 6.99. The summed E-state index contributed by atoms with van der Waals surface area (Å²) in [5, 5.41) is 18.3. The van der Waals surface area contributed by atoms with Gasteiger partial charge in [0.25, 0.3) is 0 Å². The van der Waals surface area contributed by atoms with Crippen molar-refractivity contribution >= 4 is 11.9 Å². The molecule has 1 N–H and O–H groups in total. The molecule has 2 unspecified atom stereocenters. The summed E-state index contributed by atoms with van der Waals surface area (Å²) in [4.78, 5) is 25.4. The second-order valence-electron chi connectivity index (χ2n) is 5.56. The molecule has 1 aliphatic rings. The quantitative estimate of drug-likeness (QED) is 0.924. The van der Waals surface area contributed by atoms with Gasteiger partial charge in [0.1, 0.15) is 0 Å². The van der Waals surface area contributed by atoms with Crippen LogP contribution >= 0.6 is 0 Å². The van der Waals surface area contributed by atoms with E-state index >= 15 is 0 Å². The number of hydrogen-bond donors (Lipinski definition) is 1. The van der Waals surface area contributed by atoms with Crippen LogP contribution in [-0.4, -0.2) is 27.9 Å². The molecule has 1 aliphatic heterocycles. The van der Waals surface area contributed by atoms with Crippen molar-refractivity contribution in [1.29, 1.82) is 5.26 Å². The average Bonchev–Trinajstić information content (AvgIpc) is 2.46. The van der Waals surface area contributed by atoms with Gasteiger partial charge in [-0.15, -0.1) is 0 Å². The number of carboxylic acids is 1. The lowest BCUT2D eigenvalue weighted by molar-refractivity contribution is -0.153. The van der Waals surface area contributed by atoms with Crippen molar-refractivity contribution in [1.82, 2.24) is 4.90 Å². The number of rotatable bonds is 3. The highest BCUT2D eigenvalue weighted by molar-refractivity contribution is 5.82. The predicted molar refractivity (Wildman–Crippen MR) is 76.2 cm³/mol. The van der Waals surface area contributed by atoms with Crippen molar-refractivity contribution in [3.63, 3.8) is 0 Å². The molecule has 1 saturated heterocycles. The third-order valence-electron chi connectivity index (χ3n) is 3.89. The number of amides is 1. The number of likely N-dealkylation sites (tertiary alicyclic amines) is 1. The standard InChI is InChI=1S/C16H18N2O3/c1-10(2)18-14(19)8-7-13(16(20)21)15(18)12-5-3-11(9-17)4-6-12/h3-6,10,13,15H,7-8H2,1-2H3,(H,20,21). The minimum absolute atomic E-state index is 0.0168. The number of benzene rings is 1. The summed E-state index contributed by atoms with van der Waals surface area (Å²) in [6.07, 6.45) is 0.615. The number of carbonyl (C=O) groups excluding carboxylic acids is 1. The average molecular weight is 286 g/mol. The first kappa shape index (κ1) is 15.0.